The first-order valence-electron chi connectivity index (χ1n) is 10.7. The van der Waals surface area contributed by atoms with Crippen LogP contribution >= 0.6 is 24.0 Å². The van der Waals surface area contributed by atoms with Gasteiger partial charge in [-0.3, -0.25) is 4.79 Å². The molecule has 2 heterocycles. The van der Waals surface area contributed by atoms with Gasteiger partial charge in [-0.05, 0) is 84.6 Å². The molecule has 5 rings (SSSR count). The van der Waals surface area contributed by atoms with Gasteiger partial charge in [0.25, 0.3) is 0 Å². The molecule has 0 spiro atoms. The Balaban J connectivity index is 0.00000259. The Morgan fingerprint density at radius 3 is 2.64 bits per heavy atom. The van der Waals surface area contributed by atoms with Crippen molar-refractivity contribution in [1.29, 1.82) is 0 Å². The summed E-state index contributed by atoms with van der Waals surface area (Å²) >= 11 is 6.01. The molecule has 6 nitrogen and oxygen atoms in total. The Labute approximate surface area is 204 Å². The monoisotopic (exact) mass is 505 g/mol. The summed E-state index contributed by atoms with van der Waals surface area (Å²) in [6, 6.07) is 15.7. The molecule has 0 bridgehead atoms. The lowest BCUT2D eigenvalue weighted by molar-refractivity contribution is -0.118. The van der Waals surface area contributed by atoms with Gasteiger partial charge in [0.15, 0.2) is 0 Å². The number of benzene rings is 3. The third kappa shape index (κ3) is 4.61. The van der Waals surface area contributed by atoms with Crippen molar-refractivity contribution in [3.63, 3.8) is 0 Å². The fourth-order valence-electron chi connectivity index (χ4n) is 4.60. The number of halogens is 2. The van der Waals surface area contributed by atoms with Crippen molar-refractivity contribution >= 4 is 56.4 Å². The number of fused-ring (bicyclic) bond motifs is 2. The van der Waals surface area contributed by atoms with Crippen LogP contribution in [0.3, 0.4) is 0 Å². The molecule has 1 saturated heterocycles. The van der Waals surface area contributed by atoms with E-state index in [4.69, 9.17) is 11.6 Å². The molecule has 3 aromatic carbocycles. The highest BCUT2D eigenvalue weighted by Crippen LogP contribution is 2.30. The van der Waals surface area contributed by atoms with E-state index in [1.54, 1.807) is 35.2 Å². The Bertz CT molecular complexity index is 1330. The van der Waals surface area contributed by atoms with Crippen LogP contribution in [0.4, 0.5) is 5.69 Å². The molecule has 2 N–H and O–H groups in total. The Morgan fingerprint density at radius 2 is 1.82 bits per heavy atom. The van der Waals surface area contributed by atoms with Crippen molar-refractivity contribution in [2.24, 2.45) is 0 Å². The SMILES string of the molecule is CC1NCCc2cc(N3CC[C@H](NS(=O)(=O)c4ccc5cc(Cl)ccc5c4)C3=O)ccc21.Cl. The van der Waals surface area contributed by atoms with Crippen LogP contribution in [-0.2, 0) is 21.2 Å². The summed E-state index contributed by atoms with van der Waals surface area (Å²) in [4.78, 5) is 14.9. The molecule has 0 aromatic heterocycles. The molecular weight excluding hydrogens is 481 g/mol. The molecule has 9 heteroatoms. The first-order valence-corrected chi connectivity index (χ1v) is 12.6. The summed E-state index contributed by atoms with van der Waals surface area (Å²) in [7, 11) is -3.84. The zero-order valence-electron chi connectivity index (χ0n) is 18.0. The molecule has 0 aliphatic carbocycles. The number of sulfonamides is 1. The van der Waals surface area contributed by atoms with Crippen molar-refractivity contribution in [1.82, 2.24) is 10.0 Å². The average molecular weight is 506 g/mol. The molecule has 1 fully saturated rings. The van der Waals surface area contributed by atoms with Crippen LogP contribution in [0.2, 0.25) is 5.02 Å². The van der Waals surface area contributed by atoms with Gasteiger partial charge >= 0.3 is 0 Å². The van der Waals surface area contributed by atoms with Gasteiger partial charge < -0.3 is 10.2 Å². The van der Waals surface area contributed by atoms with E-state index in [1.165, 1.54) is 17.2 Å². The molecule has 2 aliphatic rings. The molecule has 0 saturated carbocycles. The summed E-state index contributed by atoms with van der Waals surface area (Å²) in [5.74, 6) is -0.219. The minimum atomic E-state index is -3.84. The van der Waals surface area contributed by atoms with E-state index >= 15 is 0 Å². The summed E-state index contributed by atoms with van der Waals surface area (Å²) < 4.78 is 28.6. The maximum Gasteiger partial charge on any atom is 0.245 e. The van der Waals surface area contributed by atoms with E-state index < -0.39 is 16.1 Å². The lowest BCUT2D eigenvalue weighted by atomic mass is 9.94. The average Bonchev–Trinajstić information content (AvgIpc) is 3.12. The van der Waals surface area contributed by atoms with Crippen molar-refractivity contribution in [3.05, 3.63) is 70.7 Å². The lowest BCUT2D eigenvalue weighted by Gasteiger charge is -2.26. The van der Waals surface area contributed by atoms with E-state index in [0.29, 0.717) is 24.0 Å². The number of amides is 1. The second-order valence-electron chi connectivity index (χ2n) is 8.41. The van der Waals surface area contributed by atoms with Gasteiger partial charge in [-0.15, -0.1) is 12.4 Å². The Morgan fingerprint density at radius 1 is 1.06 bits per heavy atom. The van der Waals surface area contributed by atoms with Gasteiger partial charge in [-0.1, -0.05) is 29.8 Å². The van der Waals surface area contributed by atoms with Crippen molar-refractivity contribution in [2.75, 3.05) is 18.0 Å². The van der Waals surface area contributed by atoms with Crippen LogP contribution in [0.15, 0.2) is 59.5 Å². The molecule has 2 aliphatic heterocycles. The quantitative estimate of drug-likeness (QED) is 0.556. The molecule has 2 atom stereocenters. The van der Waals surface area contributed by atoms with Gasteiger partial charge in [0.2, 0.25) is 15.9 Å². The minimum absolute atomic E-state index is 0. The molecule has 1 amide bonds. The molecule has 3 aromatic rings. The van der Waals surface area contributed by atoms with Gasteiger partial charge in [0, 0.05) is 23.3 Å². The standard InChI is InChI=1S/C24H24ClN3O3S.ClH/c1-15-22-7-5-20(13-18(22)8-10-26-15)28-11-9-23(24(28)29)27-32(30,31)21-6-3-16-12-19(25)4-2-17(16)14-21;/h2-7,12-15,23,26-27H,8-11H2,1H3;1H/t15?,23-;/m0./s1. The highest BCUT2D eigenvalue weighted by atomic mass is 35.5. The first kappa shape index (κ1) is 24.0. The zero-order chi connectivity index (χ0) is 22.5. The number of carbonyl (C=O) groups is 1. The largest absolute Gasteiger partial charge is 0.311 e. The number of nitrogens with one attached hydrogen (secondary N) is 2. The highest BCUT2D eigenvalue weighted by molar-refractivity contribution is 7.89. The number of hydrogen-bond acceptors (Lipinski definition) is 4. The van der Waals surface area contributed by atoms with Crippen LogP contribution in [-0.4, -0.2) is 33.5 Å². The van der Waals surface area contributed by atoms with Crippen LogP contribution in [0, 0.1) is 0 Å². The fraction of sp³-hybridized carbons (Fsp3) is 0.292. The van der Waals surface area contributed by atoms with Crippen LogP contribution in [0.1, 0.15) is 30.5 Å². The highest BCUT2D eigenvalue weighted by Gasteiger charge is 2.36. The minimum Gasteiger partial charge on any atom is -0.311 e. The molecule has 174 valence electrons. The number of nitrogens with zero attached hydrogens (tertiary/aromatic N) is 1. The predicted octanol–water partition coefficient (Wildman–Crippen LogP) is 4.21. The second-order valence-corrected chi connectivity index (χ2v) is 10.6. The molecule has 1 unspecified atom stereocenters. The van der Waals surface area contributed by atoms with Gasteiger partial charge in [0.1, 0.15) is 6.04 Å². The van der Waals surface area contributed by atoms with Crippen LogP contribution < -0.4 is 14.9 Å². The van der Waals surface area contributed by atoms with Gasteiger partial charge in [-0.2, -0.15) is 4.72 Å². The topological polar surface area (TPSA) is 78.5 Å². The van der Waals surface area contributed by atoms with Crippen molar-refractivity contribution < 1.29 is 13.2 Å². The Kier molecular flexibility index (Phi) is 6.71. The maximum absolute atomic E-state index is 13.1. The van der Waals surface area contributed by atoms with Crippen molar-refractivity contribution in [3.8, 4) is 0 Å². The third-order valence-electron chi connectivity index (χ3n) is 6.34. The smallest absolute Gasteiger partial charge is 0.245 e. The third-order valence-corrected chi connectivity index (χ3v) is 8.04. The summed E-state index contributed by atoms with van der Waals surface area (Å²) in [6.45, 7) is 3.52. The first-order chi connectivity index (χ1) is 15.3. The molecule has 0 radical (unpaired) electrons. The van der Waals surface area contributed by atoms with E-state index in [-0.39, 0.29) is 23.2 Å². The number of hydrogen-bond donors (Lipinski definition) is 2. The second kappa shape index (κ2) is 9.24. The van der Waals surface area contributed by atoms with Crippen molar-refractivity contribution in [2.45, 2.75) is 36.7 Å². The van der Waals surface area contributed by atoms with Crippen LogP contribution in [0.25, 0.3) is 10.8 Å². The molecule has 33 heavy (non-hydrogen) atoms. The van der Waals surface area contributed by atoms with Gasteiger partial charge in [-0.25, -0.2) is 8.42 Å². The van der Waals surface area contributed by atoms with Crippen LogP contribution in [0.5, 0.6) is 0 Å². The normalized spacial score (nSPS) is 20.5. The zero-order valence-corrected chi connectivity index (χ0v) is 20.4. The maximum atomic E-state index is 13.1. The number of carbonyl (C=O) groups excluding carboxylic acids is 1. The summed E-state index contributed by atoms with van der Waals surface area (Å²) in [5.41, 5.74) is 3.32. The predicted molar refractivity (Wildman–Crippen MR) is 134 cm³/mol. The number of anilines is 1. The summed E-state index contributed by atoms with van der Waals surface area (Å²) in [6.07, 6.45) is 1.34. The van der Waals surface area contributed by atoms with E-state index in [0.717, 1.165) is 29.4 Å². The lowest BCUT2D eigenvalue weighted by Crippen LogP contribution is -2.41. The van der Waals surface area contributed by atoms with Gasteiger partial charge in [0.05, 0.1) is 4.90 Å². The van der Waals surface area contributed by atoms with E-state index in [2.05, 4.69) is 29.1 Å². The van der Waals surface area contributed by atoms with E-state index in [9.17, 15) is 13.2 Å². The fourth-order valence-corrected chi connectivity index (χ4v) is 6.03. The number of rotatable bonds is 4. The summed E-state index contributed by atoms with van der Waals surface area (Å²) in [5, 5.41) is 5.66. The Hall–Kier alpha value is -2.16. The molecular formula is C24H25Cl2N3O3S. The van der Waals surface area contributed by atoms with E-state index in [1.807, 2.05) is 6.07 Å².